The highest BCUT2D eigenvalue weighted by Gasteiger charge is 2.29. The lowest BCUT2D eigenvalue weighted by molar-refractivity contribution is -0.152. The van der Waals surface area contributed by atoms with Gasteiger partial charge in [0.15, 0.2) is 5.60 Å². The van der Waals surface area contributed by atoms with Gasteiger partial charge in [0.1, 0.15) is 11.2 Å². The van der Waals surface area contributed by atoms with Crippen LogP contribution in [-0.2, 0) is 29.6 Å². The van der Waals surface area contributed by atoms with Crippen LogP contribution in [0.25, 0.3) is 10.4 Å². The molecular formula is C27H31FNO3PS. The van der Waals surface area contributed by atoms with Crippen LogP contribution in [0.5, 0.6) is 5.75 Å². The van der Waals surface area contributed by atoms with Crippen molar-refractivity contribution < 1.29 is 19.0 Å². The number of nitrogens with zero attached hydrogens (tertiary/aromatic N) is 1. The minimum atomic E-state index is -1.41. The Kier molecular flexibility index (Phi) is 7.14. The highest BCUT2D eigenvalue weighted by molar-refractivity contribution is 7.18. The maximum atomic E-state index is 14.1. The van der Waals surface area contributed by atoms with E-state index in [0.29, 0.717) is 11.3 Å². The third kappa shape index (κ3) is 5.86. The van der Waals surface area contributed by atoms with Gasteiger partial charge in [-0.25, -0.2) is 9.18 Å². The van der Waals surface area contributed by atoms with Crippen molar-refractivity contribution in [2.75, 3.05) is 13.1 Å². The van der Waals surface area contributed by atoms with E-state index in [2.05, 4.69) is 32.3 Å². The molecule has 2 unspecified atom stereocenters. The van der Waals surface area contributed by atoms with Crippen molar-refractivity contribution in [2.45, 2.75) is 51.2 Å². The van der Waals surface area contributed by atoms with Crippen LogP contribution in [0, 0.1) is 0 Å². The Morgan fingerprint density at radius 2 is 1.74 bits per heavy atom. The number of hydrogen-bond donors (Lipinski definition) is 1. The lowest BCUT2D eigenvalue weighted by atomic mass is 10.0. The first-order valence-corrected chi connectivity index (χ1v) is 12.8. The van der Waals surface area contributed by atoms with Crippen molar-refractivity contribution in [3.63, 3.8) is 0 Å². The topological polar surface area (TPSA) is 49.8 Å². The largest absolute Gasteiger partial charge is 0.478 e. The van der Waals surface area contributed by atoms with Crippen LogP contribution in [0.15, 0.2) is 54.6 Å². The molecule has 4 nitrogen and oxygen atoms in total. The third-order valence-corrected chi connectivity index (χ3v) is 7.69. The number of carbonyl (C=O) groups is 1. The first-order valence-electron chi connectivity index (χ1n) is 11.5. The molecule has 7 heteroatoms. The van der Waals surface area contributed by atoms with E-state index >= 15 is 0 Å². The Morgan fingerprint density at radius 3 is 2.38 bits per heavy atom. The van der Waals surface area contributed by atoms with E-state index in [1.165, 1.54) is 20.9 Å². The quantitative estimate of drug-likeness (QED) is 0.389. The van der Waals surface area contributed by atoms with E-state index in [0.717, 1.165) is 38.0 Å². The molecule has 1 aromatic heterocycles. The summed E-state index contributed by atoms with van der Waals surface area (Å²) in [4.78, 5) is 16.3. The van der Waals surface area contributed by atoms with Crippen molar-refractivity contribution in [1.29, 1.82) is 0 Å². The molecule has 1 aliphatic rings. The van der Waals surface area contributed by atoms with Crippen LogP contribution in [0.3, 0.4) is 0 Å². The summed E-state index contributed by atoms with van der Waals surface area (Å²) in [6, 6.07) is 17.9. The summed E-state index contributed by atoms with van der Waals surface area (Å²) in [5.74, 6) is -0.381. The summed E-state index contributed by atoms with van der Waals surface area (Å²) in [6.45, 7) is 7.46. The minimum Gasteiger partial charge on any atom is -0.478 e. The zero-order valence-electron chi connectivity index (χ0n) is 19.8. The highest BCUT2D eigenvalue weighted by Crippen LogP contribution is 2.35. The molecule has 3 aromatic rings. The van der Waals surface area contributed by atoms with Crippen molar-refractivity contribution in [3.05, 3.63) is 76.2 Å². The number of fused-ring (bicyclic) bond motifs is 1. The summed E-state index contributed by atoms with van der Waals surface area (Å²) in [5, 5.41) is 7.92. The number of carboxylic acids is 1. The van der Waals surface area contributed by atoms with Crippen molar-refractivity contribution in [1.82, 2.24) is 4.90 Å². The molecule has 0 bridgehead atoms. The van der Waals surface area contributed by atoms with Gasteiger partial charge in [0.05, 0.1) is 0 Å². The van der Waals surface area contributed by atoms with Gasteiger partial charge in [0.2, 0.25) is 0 Å². The van der Waals surface area contributed by atoms with E-state index in [1.54, 1.807) is 32.1 Å². The predicted molar refractivity (Wildman–Crippen MR) is 139 cm³/mol. The maximum Gasteiger partial charge on any atom is 0.347 e. The molecule has 1 aliphatic heterocycles. The van der Waals surface area contributed by atoms with E-state index < -0.39 is 17.0 Å². The second kappa shape index (κ2) is 9.77. The standard InChI is InChI=1S/C27H31FNO3PS/c1-26(2,25(30)31)32-22-9-6-18-12-14-29(15-13-20(18)16-22)17-23-10-11-24(34-23)19-4-7-21(8-5-19)27(3,28)33/h4-11,16H,12-15,17,33H2,1-3H3,(H,30,31). The fourth-order valence-electron chi connectivity index (χ4n) is 4.11. The Morgan fingerprint density at radius 1 is 1.06 bits per heavy atom. The number of alkyl halides is 1. The zero-order valence-corrected chi connectivity index (χ0v) is 21.8. The number of hydrogen-bond acceptors (Lipinski definition) is 4. The molecule has 4 rings (SSSR count). The van der Waals surface area contributed by atoms with Gasteiger partial charge in [-0.05, 0) is 80.1 Å². The molecule has 2 atom stereocenters. The summed E-state index contributed by atoms with van der Waals surface area (Å²) in [6.07, 6.45) is 1.85. The van der Waals surface area contributed by atoms with Crippen LogP contribution < -0.4 is 4.74 Å². The molecule has 0 saturated heterocycles. The number of ether oxygens (including phenoxy) is 1. The molecule has 0 amide bonds. The average Bonchev–Trinajstić information content (AvgIpc) is 3.15. The number of carboxylic acid groups (broad SMARTS) is 1. The second-order valence-electron chi connectivity index (χ2n) is 9.54. The fourth-order valence-corrected chi connectivity index (χ4v) is 5.35. The molecular weight excluding hydrogens is 468 g/mol. The second-order valence-corrected chi connectivity index (χ2v) is 11.8. The molecule has 34 heavy (non-hydrogen) atoms. The minimum absolute atomic E-state index is 0.600. The Balaban J connectivity index is 1.39. The van der Waals surface area contributed by atoms with E-state index in [-0.39, 0.29) is 0 Å². The number of benzene rings is 2. The number of halogens is 1. The third-order valence-electron chi connectivity index (χ3n) is 6.24. The van der Waals surface area contributed by atoms with Crippen molar-refractivity contribution >= 4 is 26.5 Å². The van der Waals surface area contributed by atoms with E-state index in [4.69, 9.17) is 4.74 Å². The lowest BCUT2D eigenvalue weighted by Crippen LogP contribution is -2.37. The molecule has 2 heterocycles. The average molecular weight is 500 g/mol. The molecule has 0 saturated carbocycles. The Labute approximate surface area is 207 Å². The van der Waals surface area contributed by atoms with Gasteiger partial charge in [-0.2, -0.15) is 0 Å². The number of aliphatic carboxylic acids is 1. The van der Waals surface area contributed by atoms with Crippen molar-refractivity contribution in [2.24, 2.45) is 0 Å². The Bertz CT molecular complexity index is 1170. The molecule has 1 N–H and O–H groups in total. The summed E-state index contributed by atoms with van der Waals surface area (Å²) in [5.41, 5.74) is 3.02. The number of rotatable bonds is 7. The molecule has 0 fully saturated rings. The van der Waals surface area contributed by atoms with Gasteiger partial charge >= 0.3 is 5.97 Å². The molecule has 0 radical (unpaired) electrons. The first-order chi connectivity index (χ1) is 16.0. The van der Waals surface area contributed by atoms with Gasteiger partial charge in [-0.15, -0.1) is 11.3 Å². The van der Waals surface area contributed by atoms with Gasteiger partial charge in [0.25, 0.3) is 0 Å². The van der Waals surface area contributed by atoms with Gasteiger partial charge in [-0.1, -0.05) is 39.6 Å². The van der Waals surface area contributed by atoms with Crippen molar-refractivity contribution in [3.8, 4) is 16.2 Å². The molecule has 0 aliphatic carbocycles. The van der Waals surface area contributed by atoms with E-state index in [1.807, 2.05) is 36.4 Å². The summed E-state index contributed by atoms with van der Waals surface area (Å²) < 4.78 is 19.8. The monoisotopic (exact) mass is 499 g/mol. The Hall–Kier alpha value is -2.27. The summed E-state index contributed by atoms with van der Waals surface area (Å²) in [7, 11) is 2.24. The smallest absolute Gasteiger partial charge is 0.347 e. The van der Waals surface area contributed by atoms with Crippen LogP contribution >= 0.6 is 20.6 Å². The SMILES string of the molecule is CC(C)(Oc1ccc2c(c1)CCN(Cc1ccc(-c3ccc(C(C)(F)P)cc3)s1)CC2)C(=O)O. The fraction of sp³-hybridized carbons (Fsp3) is 0.370. The summed E-state index contributed by atoms with van der Waals surface area (Å²) >= 11 is 1.78. The number of thiophene rings is 1. The lowest BCUT2D eigenvalue weighted by Gasteiger charge is -2.22. The zero-order chi connectivity index (χ0) is 24.5. The van der Waals surface area contributed by atoms with Crippen LogP contribution in [0.2, 0.25) is 0 Å². The molecule has 0 spiro atoms. The molecule has 180 valence electrons. The van der Waals surface area contributed by atoms with Gasteiger partial charge in [-0.3, -0.25) is 4.90 Å². The first kappa shape index (κ1) is 24.8. The van der Waals surface area contributed by atoms with Crippen LogP contribution in [0.4, 0.5) is 4.39 Å². The van der Waals surface area contributed by atoms with Gasteiger partial charge in [0, 0.05) is 29.4 Å². The van der Waals surface area contributed by atoms with Crippen LogP contribution in [0.1, 0.15) is 42.3 Å². The van der Waals surface area contributed by atoms with Gasteiger partial charge < -0.3 is 9.84 Å². The van der Waals surface area contributed by atoms with Crippen LogP contribution in [-0.4, -0.2) is 34.7 Å². The predicted octanol–water partition coefficient (Wildman–Crippen LogP) is 6.28. The van der Waals surface area contributed by atoms with E-state index in [9.17, 15) is 14.3 Å². The maximum absolute atomic E-state index is 14.1. The normalized spacial score (nSPS) is 16.4. The highest BCUT2D eigenvalue weighted by atomic mass is 32.1. The molecule has 2 aromatic carbocycles.